The van der Waals surface area contributed by atoms with Gasteiger partial charge in [-0.25, -0.2) is 4.79 Å². The molecule has 94 valence electrons. The van der Waals surface area contributed by atoms with Gasteiger partial charge in [0.1, 0.15) is 6.23 Å². The molecule has 2 unspecified atom stereocenters. The van der Waals surface area contributed by atoms with E-state index in [4.69, 9.17) is 14.9 Å². The van der Waals surface area contributed by atoms with Gasteiger partial charge in [-0.05, 0) is 19.3 Å². The first-order valence-electron chi connectivity index (χ1n) is 5.57. The second-order valence-corrected chi connectivity index (χ2v) is 3.75. The van der Waals surface area contributed by atoms with E-state index in [1.807, 2.05) is 0 Å². The highest BCUT2D eigenvalue weighted by Crippen LogP contribution is 2.23. The molecule has 0 aromatic heterocycles. The van der Waals surface area contributed by atoms with E-state index in [0.717, 1.165) is 39.5 Å². The van der Waals surface area contributed by atoms with Crippen molar-refractivity contribution >= 4 is 6.03 Å². The van der Waals surface area contributed by atoms with Gasteiger partial charge in [0, 0.05) is 20.2 Å². The number of carbonyl (C=O) groups excluding carboxylic acids is 1. The number of rotatable bonds is 2. The Bertz CT molecular complexity index is 225. The first-order valence-corrected chi connectivity index (χ1v) is 5.57. The Morgan fingerprint density at radius 1 is 1.50 bits per heavy atom. The van der Waals surface area contributed by atoms with Crippen molar-refractivity contribution in [3.8, 4) is 0 Å². The maximum absolute atomic E-state index is 11.4. The number of nitrogens with zero attached hydrogens (tertiary/aromatic N) is 1. The predicted molar refractivity (Wildman–Crippen MR) is 57.8 cm³/mol. The Morgan fingerprint density at radius 3 is 2.81 bits per heavy atom. The number of hydrogen-bond donors (Lipinski definition) is 3. The third-order valence-corrected chi connectivity index (χ3v) is 2.75. The van der Waals surface area contributed by atoms with Crippen LogP contribution in [0.4, 0.5) is 4.79 Å². The quantitative estimate of drug-likeness (QED) is 0.600. The van der Waals surface area contributed by atoms with E-state index in [1.165, 1.54) is 0 Å². The van der Waals surface area contributed by atoms with E-state index in [2.05, 4.69) is 5.32 Å². The molecule has 6 heteroatoms. The fourth-order valence-electron chi connectivity index (χ4n) is 1.97. The zero-order valence-electron chi connectivity index (χ0n) is 9.56. The molecule has 3 N–H and O–H groups in total. The van der Waals surface area contributed by atoms with Crippen LogP contribution in [-0.4, -0.2) is 60.3 Å². The SMILES string of the molecule is CO.O=C1NCCCN1C1CCC(CO)O1. The molecule has 0 aliphatic carbocycles. The van der Waals surface area contributed by atoms with Crippen LogP contribution in [0, 0.1) is 0 Å². The number of nitrogens with one attached hydrogen (secondary N) is 1. The van der Waals surface area contributed by atoms with Crippen molar-refractivity contribution < 1.29 is 19.7 Å². The highest BCUT2D eigenvalue weighted by Gasteiger charge is 2.33. The highest BCUT2D eigenvalue weighted by atomic mass is 16.5. The molecular weight excluding hydrogens is 212 g/mol. The summed E-state index contributed by atoms with van der Waals surface area (Å²) in [7, 11) is 1.00. The van der Waals surface area contributed by atoms with Gasteiger partial charge in [-0.3, -0.25) is 4.90 Å². The van der Waals surface area contributed by atoms with Crippen LogP contribution in [0.25, 0.3) is 0 Å². The van der Waals surface area contributed by atoms with Crippen molar-refractivity contribution in [1.82, 2.24) is 10.2 Å². The average molecular weight is 232 g/mol. The van der Waals surface area contributed by atoms with Crippen LogP contribution < -0.4 is 5.32 Å². The minimum absolute atomic E-state index is 0.0418. The van der Waals surface area contributed by atoms with E-state index >= 15 is 0 Å². The van der Waals surface area contributed by atoms with Gasteiger partial charge in [-0.15, -0.1) is 0 Å². The van der Waals surface area contributed by atoms with Gasteiger partial charge in [0.25, 0.3) is 0 Å². The Labute approximate surface area is 95.2 Å². The minimum Gasteiger partial charge on any atom is -0.400 e. The van der Waals surface area contributed by atoms with Crippen LogP contribution in [0.5, 0.6) is 0 Å². The summed E-state index contributed by atoms with van der Waals surface area (Å²) in [6, 6.07) is -0.0418. The van der Waals surface area contributed by atoms with Crippen molar-refractivity contribution in [3.05, 3.63) is 0 Å². The second-order valence-electron chi connectivity index (χ2n) is 3.75. The number of hydrogen-bond acceptors (Lipinski definition) is 4. The molecule has 0 aromatic rings. The smallest absolute Gasteiger partial charge is 0.319 e. The average Bonchev–Trinajstić information content (AvgIpc) is 2.81. The van der Waals surface area contributed by atoms with Gasteiger partial charge in [0.2, 0.25) is 0 Å². The summed E-state index contributed by atoms with van der Waals surface area (Å²) in [5, 5.41) is 18.7. The summed E-state index contributed by atoms with van der Waals surface area (Å²) in [6.07, 6.45) is 2.42. The molecule has 2 rings (SSSR count). The first-order chi connectivity index (χ1) is 7.81. The van der Waals surface area contributed by atoms with E-state index in [-0.39, 0.29) is 25.0 Å². The van der Waals surface area contributed by atoms with E-state index in [0.29, 0.717) is 0 Å². The molecule has 2 amide bonds. The summed E-state index contributed by atoms with van der Waals surface area (Å²) >= 11 is 0. The number of amides is 2. The van der Waals surface area contributed by atoms with Crippen LogP contribution in [0.3, 0.4) is 0 Å². The predicted octanol–water partition coefficient (Wildman–Crippen LogP) is -0.492. The standard InChI is InChI=1S/C9H16N2O3.CH4O/c12-6-7-2-3-8(14-7)11-5-1-4-10-9(11)13;1-2/h7-8,12H,1-6H2,(H,10,13);2H,1H3. The lowest BCUT2D eigenvalue weighted by Gasteiger charge is -2.32. The third-order valence-electron chi connectivity index (χ3n) is 2.75. The number of ether oxygens (including phenoxy) is 1. The molecule has 2 atom stereocenters. The molecule has 0 radical (unpaired) electrons. The topological polar surface area (TPSA) is 82.0 Å². The lowest BCUT2D eigenvalue weighted by Crippen LogP contribution is -2.51. The number of aliphatic hydroxyl groups excluding tert-OH is 2. The largest absolute Gasteiger partial charge is 0.400 e. The zero-order chi connectivity index (χ0) is 12.0. The molecule has 2 aliphatic rings. The molecule has 2 heterocycles. The Morgan fingerprint density at radius 2 is 2.25 bits per heavy atom. The van der Waals surface area contributed by atoms with Crippen LogP contribution in [0.15, 0.2) is 0 Å². The van der Waals surface area contributed by atoms with Gasteiger partial charge >= 0.3 is 6.03 Å². The van der Waals surface area contributed by atoms with Crippen molar-refractivity contribution in [3.63, 3.8) is 0 Å². The van der Waals surface area contributed by atoms with E-state index < -0.39 is 0 Å². The van der Waals surface area contributed by atoms with E-state index in [1.54, 1.807) is 4.90 Å². The molecule has 2 fully saturated rings. The van der Waals surface area contributed by atoms with Crippen LogP contribution in [0.2, 0.25) is 0 Å². The molecule has 0 spiro atoms. The summed E-state index contributed by atoms with van der Waals surface area (Å²) in [5.41, 5.74) is 0. The lowest BCUT2D eigenvalue weighted by molar-refractivity contribution is -0.0533. The van der Waals surface area contributed by atoms with Crippen molar-refractivity contribution in [1.29, 1.82) is 0 Å². The van der Waals surface area contributed by atoms with E-state index in [9.17, 15) is 4.79 Å². The van der Waals surface area contributed by atoms with Gasteiger partial charge in [-0.1, -0.05) is 0 Å². The van der Waals surface area contributed by atoms with Crippen LogP contribution >= 0.6 is 0 Å². The van der Waals surface area contributed by atoms with Gasteiger partial charge in [0.05, 0.1) is 12.7 Å². The Hall–Kier alpha value is -0.850. The Balaban J connectivity index is 0.000000606. The maximum Gasteiger partial charge on any atom is 0.319 e. The molecule has 0 bridgehead atoms. The number of urea groups is 1. The Kier molecular flexibility index (Phi) is 5.51. The first kappa shape index (κ1) is 13.2. The van der Waals surface area contributed by atoms with Gasteiger partial charge in [0.15, 0.2) is 0 Å². The van der Waals surface area contributed by atoms with Gasteiger partial charge in [-0.2, -0.15) is 0 Å². The summed E-state index contributed by atoms with van der Waals surface area (Å²) in [4.78, 5) is 13.2. The molecule has 0 saturated carbocycles. The normalized spacial score (nSPS) is 29.4. The molecular formula is C10H20N2O4. The van der Waals surface area contributed by atoms with Crippen LogP contribution in [0.1, 0.15) is 19.3 Å². The molecule has 2 saturated heterocycles. The van der Waals surface area contributed by atoms with Crippen LogP contribution in [-0.2, 0) is 4.74 Å². The number of aliphatic hydroxyl groups is 2. The summed E-state index contributed by atoms with van der Waals surface area (Å²) < 4.78 is 5.54. The maximum atomic E-state index is 11.4. The second kappa shape index (κ2) is 6.67. The monoisotopic (exact) mass is 232 g/mol. The summed E-state index contributed by atoms with van der Waals surface area (Å²) in [6.45, 7) is 1.56. The molecule has 0 aromatic carbocycles. The van der Waals surface area contributed by atoms with Crippen molar-refractivity contribution in [2.24, 2.45) is 0 Å². The molecule has 6 nitrogen and oxygen atoms in total. The highest BCUT2D eigenvalue weighted by molar-refractivity contribution is 5.75. The zero-order valence-corrected chi connectivity index (χ0v) is 9.56. The lowest BCUT2D eigenvalue weighted by atomic mass is 10.2. The van der Waals surface area contributed by atoms with Crippen molar-refractivity contribution in [2.75, 3.05) is 26.8 Å². The van der Waals surface area contributed by atoms with Gasteiger partial charge < -0.3 is 20.3 Å². The third kappa shape index (κ3) is 3.07. The molecule has 2 aliphatic heterocycles. The molecule has 16 heavy (non-hydrogen) atoms. The fourth-order valence-corrected chi connectivity index (χ4v) is 1.97. The van der Waals surface area contributed by atoms with Crippen molar-refractivity contribution in [2.45, 2.75) is 31.6 Å². The minimum atomic E-state index is -0.132. The summed E-state index contributed by atoms with van der Waals surface area (Å²) in [5.74, 6) is 0. The fraction of sp³-hybridized carbons (Fsp3) is 0.900. The number of carbonyl (C=O) groups is 1.